The van der Waals surface area contributed by atoms with Gasteiger partial charge in [0, 0.05) is 38.3 Å². The minimum Gasteiger partial charge on any atom is -0.507 e. The van der Waals surface area contributed by atoms with Crippen LogP contribution in [0.4, 0.5) is 0 Å². The third kappa shape index (κ3) is 4.42. The Hall–Kier alpha value is -2.72. The van der Waals surface area contributed by atoms with Crippen LogP contribution in [0, 0.1) is 0 Å². The Labute approximate surface area is 191 Å². The maximum Gasteiger partial charge on any atom is 0.295 e. The van der Waals surface area contributed by atoms with Gasteiger partial charge in [0.05, 0.1) is 23.1 Å². The Balaban J connectivity index is 2.11. The first kappa shape index (κ1) is 23.9. The van der Waals surface area contributed by atoms with Crippen molar-refractivity contribution >= 4 is 39.1 Å². The number of sulfonamides is 1. The Morgan fingerprint density at radius 2 is 1.69 bits per heavy atom. The number of likely N-dealkylation sites (tertiary alicyclic amines) is 1. The molecule has 1 atom stereocenters. The molecule has 2 aromatic carbocycles. The Bertz CT molecular complexity index is 1160. The van der Waals surface area contributed by atoms with Gasteiger partial charge in [-0.15, -0.1) is 0 Å². The number of benzene rings is 2. The summed E-state index contributed by atoms with van der Waals surface area (Å²) in [7, 11) is 0.656. The van der Waals surface area contributed by atoms with Crippen LogP contribution in [0.5, 0.6) is 0 Å². The van der Waals surface area contributed by atoms with E-state index < -0.39 is 33.5 Å². The smallest absolute Gasteiger partial charge is 0.295 e. The van der Waals surface area contributed by atoms with Crippen LogP contribution in [0.1, 0.15) is 17.2 Å². The topological polar surface area (TPSA) is 104 Å². The van der Waals surface area contributed by atoms with E-state index in [-0.39, 0.29) is 29.2 Å². The van der Waals surface area contributed by atoms with Crippen molar-refractivity contribution in [1.29, 1.82) is 0 Å². The van der Waals surface area contributed by atoms with E-state index in [2.05, 4.69) is 0 Å². The van der Waals surface area contributed by atoms with E-state index in [1.165, 1.54) is 50.4 Å². The maximum absolute atomic E-state index is 12.9. The van der Waals surface area contributed by atoms with E-state index in [0.29, 0.717) is 10.6 Å². The number of ketones is 1. The van der Waals surface area contributed by atoms with Crippen LogP contribution in [0.15, 0.2) is 59.0 Å². The first-order chi connectivity index (χ1) is 15.1. The van der Waals surface area contributed by atoms with Gasteiger partial charge in [0.2, 0.25) is 10.0 Å². The van der Waals surface area contributed by atoms with Crippen molar-refractivity contribution in [2.24, 2.45) is 0 Å². The minimum absolute atomic E-state index is 0.0360. The molecule has 10 heteroatoms. The number of halogens is 1. The summed E-state index contributed by atoms with van der Waals surface area (Å²) in [5, 5.41) is 11.5. The number of aliphatic hydroxyl groups is 1. The first-order valence-corrected chi connectivity index (χ1v) is 11.5. The lowest BCUT2D eigenvalue weighted by molar-refractivity contribution is -0.140. The predicted octanol–water partition coefficient (Wildman–Crippen LogP) is 2.66. The average molecular weight is 479 g/mol. The van der Waals surface area contributed by atoms with Crippen molar-refractivity contribution in [2.75, 3.05) is 34.4 Å². The molecular weight excluding hydrogens is 456 g/mol. The summed E-state index contributed by atoms with van der Waals surface area (Å²) in [6, 6.07) is 11.2. The third-order valence-electron chi connectivity index (χ3n) is 5.17. The average Bonchev–Trinajstić information content (AvgIpc) is 3.02. The molecule has 0 radical (unpaired) electrons. The van der Waals surface area contributed by atoms with Gasteiger partial charge >= 0.3 is 0 Å². The zero-order valence-electron chi connectivity index (χ0n) is 17.8. The van der Waals surface area contributed by atoms with Gasteiger partial charge in [-0.2, -0.15) is 0 Å². The van der Waals surface area contributed by atoms with Crippen LogP contribution >= 0.6 is 11.6 Å². The number of hydrogen-bond donors (Lipinski definition) is 1. The minimum atomic E-state index is -3.65. The van der Waals surface area contributed by atoms with Crippen molar-refractivity contribution in [3.05, 3.63) is 70.3 Å². The molecule has 0 aliphatic carbocycles. The summed E-state index contributed by atoms with van der Waals surface area (Å²) >= 11 is 5.98. The predicted molar refractivity (Wildman–Crippen MR) is 120 cm³/mol. The normalized spacial score (nSPS) is 18.5. The van der Waals surface area contributed by atoms with Crippen LogP contribution in [0.3, 0.4) is 0 Å². The van der Waals surface area contributed by atoms with Crippen LogP contribution in [-0.4, -0.2) is 68.8 Å². The molecule has 1 aliphatic heterocycles. The number of ether oxygens (including phenoxy) is 1. The molecular formula is C22H23ClN2O6S. The molecule has 0 aromatic heterocycles. The second-order valence-electron chi connectivity index (χ2n) is 7.35. The van der Waals surface area contributed by atoms with Crippen molar-refractivity contribution < 1.29 is 27.9 Å². The summed E-state index contributed by atoms with van der Waals surface area (Å²) in [4.78, 5) is 27.0. The van der Waals surface area contributed by atoms with Crippen LogP contribution in [-0.2, 0) is 24.3 Å². The van der Waals surface area contributed by atoms with Crippen molar-refractivity contribution in [2.45, 2.75) is 10.9 Å². The van der Waals surface area contributed by atoms with E-state index in [9.17, 15) is 23.1 Å². The number of Topliss-reactive ketones (excluding diaryl/α,β-unsaturated/α-hetero) is 1. The molecule has 1 unspecified atom stereocenters. The van der Waals surface area contributed by atoms with E-state index in [0.717, 1.165) is 4.31 Å². The van der Waals surface area contributed by atoms with E-state index in [1.807, 2.05) is 0 Å². The highest BCUT2D eigenvalue weighted by atomic mass is 35.5. The number of hydrogen-bond acceptors (Lipinski definition) is 6. The number of nitrogens with zero attached hydrogens (tertiary/aromatic N) is 2. The number of carbonyl (C=O) groups excluding carboxylic acids is 2. The fourth-order valence-electron chi connectivity index (χ4n) is 3.44. The van der Waals surface area contributed by atoms with Gasteiger partial charge in [0.25, 0.3) is 11.7 Å². The Morgan fingerprint density at radius 1 is 1.09 bits per heavy atom. The van der Waals surface area contributed by atoms with Crippen molar-refractivity contribution in [3.63, 3.8) is 0 Å². The van der Waals surface area contributed by atoms with Crippen molar-refractivity contribution in [1.82, 2.24) is 9.21 Å². The molecule has 8 nitrogen and oxygen atoms in total. The van der Waals surface area contributed by atoms with Gasteiger partial charge in [0.15, 0.2) is 0 Å². The van der Waals surface area contributed by atoms with Gasteiger partial charge < -0.3 is 14.7 Å². The highest BCUT2D eigenvalue weighted by molar-refractivity contribution is 7.89. The SMILES string of the molecule is COCCN1C(=O)C(=O)/C(=C(/O)c2ccc(S(=O)(=O)N(C)C)cc2)C1c1ccc(Cl)cc1. The summed E-state index contributed by atoms with van der Waals surface area (Å²) < 4.78 is 30.7. The zero-order valence-corrected chi connectivity index (χ0v) is 19.4. The van der Waals surface area contributed by atoms with Gasteiger partial charge in [-0.25, -0.2) is 12.7 Å². The van der Waals surface area contributed by atoms with Crippen LogP contribution in [0.25, 0.3) is 5.76 Å². The van der Waals surface area contributed by atoms with E-state index in [1.54, 1.807) is 24.3 Å². The largest absolute Gasteiger partial charge is 0.507 e. The second kappa shape index (κ2) is 9.41. The fourth-order valence-corrected chi connectivity index (χ4v) is 4.47. The molecule has 0 bridgehead atoms. The Kier molecular flexibility index (Phi) is 7.04. The Morgan fingerprint density at radius 3 is 2.22 bits per heavy atom. The number of rotatable bonds is 7. The summed E-state index contributed by atoms with van der Waals surface area (Å²) in [5.41, 5.74) is 0.723. The van der Waals surface area contributed by atoms with Gasteiger partial charge in [-0.3, -0.25) is 9.59 Å². The first-order valence-electron chi connectivity index (χ1n) is 9.65. The second-order valence-corrected chi connectivity index (χ2v) is 9.94. The molecule has 0 saturated carbocycles. The number of aliphatic hydroxyl groups excluding tert-OH is 1. The van der Waals surface area contributed by atoms with Crippen LogP contribution < -0.4 is 0 Å². The molecule has 170 valence electrons. The van der Waals surface area contributed by atoms with Gasteiger partial charge in [-0.05, 0) is 42.0 Å². The molecule has 1 aliphatic rings. The lowest BCUT2D eigenvalue weighted by atomic mass is 9.95. The molecule has 1 fully saturated rings. The molecule has 1 heterocycles. The number of amides is 1. The summed E-state index contributed by atoms with van der Waals surface area (Å²) in [6.45, 7) is 0.347. The number of methoxy groups -OCH3 is 1. The molecule has 1 saturated heterocycles. The quantitative estimate of drug-likeness (QED) is 0.372. The standard InChI is InChI=1S/C22H23ClN2O6S/c1-24(2)32(29,30)17-10-6-15(7-11-17)20(26)18-19(14-4-8-16(23)9-5-14)25(12-13-31-3)22(28)21(18)27/h4-11,19,26H,12-13H2,1-3H3/b20-18+. The monoisotopic (exact) mass is 478 g/mol. The molecule has 32 heavy (non-hydrogen) atoms. The van der Waals surface area contributed by atoms with Gasteiger partial charge in [0.1, 0.15) is 5.76 Å². The van der Waals surface area contributed by atoms with Crippen LogP contribution in [0.2, 0.25) is 5.02 Å². The lowest BCUT2D eigenvalue weighted by Gasteiger charge is -2.25. The lowest BCUT2D eigenvalue weighted by Crippen LogP contribution is -2.32. The summed E-state index contributed by atoms with van der Waals surface area (Å²) in [5.74, 6) is -1.98. The molecule has 3 rings (SSSR count). The van der Waals surface area contributed by atoms with E-state index in [4.69, 9.17) is 16.3 Å². The molecule has 1 N–H and O–H groups in total. The third-order valence-corrected chi connectivity index (χ3v) is 7.25. The molecule has 2 aromatic rings. The van der Waals surface area contributed by atoms with Gasteiger partial charge in [-0.1, -0.05) is 23.7 Å². The molecule has 0 spiro atoms. The summed E-state index contributed by atoms with van der Waals surface area (Å²) in [6.07, 6.45) is 0. The van der Waals surface area contributed by atoms with E-state index >= 15 is 0 Å². The highest BCUT2D eigenvalue weighted by Gasteiger charge is 2.45. The highest BCUT2D eigenvalue weighted by Crippen LogP contribution is 2.39. The maximum atomic E-state index is 12.9. The van der Waals surface area contributed by atoms with Crippen molar-refractivity contribution in [3.8, 4) is 0 Å². The fraction of sp³-hybridized carbons (Fsp3) is 0.273. The zero-order chi connectivity index (χ0) is 23.6. The number of carbonyl (C=O) groups is 2. The molecule has 1 amide bonds.